The zero-order valence-electron chi connectivity index (χ0n) is 35.9. The normalized spacial score (nSPS) is 18.2. The number of likely N-dealkylation sites (tertiary alicyclic amines) is 1. The molecule has 12 nitrogen and oxygen atoms in total. The van der Waals surface area contributed by atoms with Crippen molar-refractivity contribution < 1.29 is 38.6 Å². The molecular weight excluding hydrogens is 749 g/mol. The second-order valence-corrected chi connectivity index (χ2v) is 18.5. The highest BCUT2D eigenvalue weighted by molar-refractivity contribution is 5.91. The zero-order valence-corrected chi connectivity index (χ0v) is 35.9. The van der Waals surface area contributed by atoms with Crippen LogP contribution in [-0.4, -0.2) is 77.6 Å². The number of carboxylic acid groups (broad SMARTS) is 1. The van der Waals surface area contributed by atoms with E-state index in [0.717, 1.165) is 31.2 Å². The Morgan fingerprint density at radius 3 is 1.92 bits per heavy atom. The summed E-state index contributed by atoms with van der Waals surface area (Å²) in [4.78, 5) is 67.3. The molecule has 1 aliphatic heterocycles. The molecule has 2 aromatic rings. The van der Waals surface area contributed by atoms with Gasteiger partial charge in [0.1, 0.15) is 23.6 Å². The van der Waals surface area contributed by atoms with Gasteiger partial charge in [-0.25, -0.2) is 9.59 Å². The Morgan fingerprint density at radius 2 is 1.36 bits per heavy atom. The second kappa shape index (κ2) is 21.6. The van der Waals surface area contributed by atoms with E-state index >= 15 is 0 Å². The van der Waals surface area contributed by atoms with Crippen LogP contribution >= 0.6 is 0 Å². The van der Waals surface area contributed by atoms with Crippen molar-refractivity contribution in [3.05, 3.63) is 59.7 Å². The maximum atomic E-state index is 13.8. The van der Waals surface area contributed by atoms with Crippen LogP contribution in [0.15, 0.2) is 48.5 Å². The van der Waals surface area contributed by atoms with Crippen molar-refractivity contribution >= 4 is 29.8 Å². The largest absolute Gasteiger partial charge is 0.483 e. The highest BCUT2D eigenvalue weighted by atomic mass is 16.6. The fourth-order valence-electron chi connectivity index (χ4n) is 9.16. The number of aliphatic carboxylic acids is 1. The predicted octanol–water partition coefficient (Wildman–Crippen LogP) is 7.56. The molecule has 4 N–H and O–H groups in total. The van der Waals surface area contributed by atoms with Gasteiger partial charge in [0.25, 0.3) is 5.91 Å². The Morgan fingerprint density at radius 1 is 0.763 bits per heavy atom. The number of carbonyl (C=O) groups excluding carboxylic acids is 4. The first-order valence-electron chi connectivity index (χ1n) is 22.1. The molecule has 2 aliphatic carbocycles. The lowest BCUT2D eigenvalue weighted by atomic mass is 9.69. The lowest BCUT2D eigenvalue weighted by Gasteiger charge is -2.38. The van der Waals surface area contributed by atoms with Crippen molar-refractivity contribution in [2.45, 2.75) is 148 Å². The third-order valence-electron chi connectivity index (χ3n) is 12.3. The van der Waals surface area contributed by atoms with Gasteiger partial charge in [-0.05, 0) is 97.4 Å². The molecule has 3 aliphatic rings. The molecule has 2 aromatic carbocycles. The first-order valence-corrected chi connectivity index (χ1v) is 22.1. The van der Waals surface area contributed by atoms with E-state index < -0.39 is 36.0 Å². The number of amides is 4. The van der Waals surface area contributed by atoms with E-state index in [1.54, 1.807) is 35.2 Å². The molecule has 2 saturated carbocycles. The van der Waals surface area contributed by atoms with Gasteiger partial charge in [-0.1, -0.05) is 103 Å². The number of carboxylic acids is 1. The van der Waals surface area contributed by atoms with Gasteiger partial charge >= 0.3 is 12.1 Å². The Hall–Kier alpha value is -4.61. The maximum Gasteiger partial charge on any atom is 0.415 e. The first kappa shape index (κ1) is 45.5. The molecule has 1 heterocycles. The minimum absolute atomic E-state index is 0.0219. The van der Waals surface area contributed by atoms with Crippen molar-refractivity contribution in [3.63, 3.8) is 0 Å². The van der Waals surface area contributed by atoms with Gasteiger partial charge in [0.05, 0.1) is 0 Å². The third-order valence-corrected chi connectivity index (χ3v) is 12.3. The number of hydrogen-bond donors (Lipinski definition) is 4. The first-order chi connectivity index (χ1) is 28.2. The van der Waals surface area contributed by atoms with Crippen LogP contribution in [0.5, 0.6) is 11.5 Å². The van der Waals surface area contributed by atoms with Crippen LogP contribution < -0.4 is 25.4 Å². The van der Waals surface area contributed by atoms with E-state index in [-0.39, 0.29) is 42.2 Å². The van der Waals surface area contributed by atoms with Crippen LogP contribution in [0.25, 0.3) is 0 Å². The Bertz CT molecular complexity index is 1680. The highest BCUT2D eigenvalue weighted by Crippen LogP contribution is 2.40. The molecule has 0 bridgehead atoms. The molecule has 4 amide bonds. The van der Waals surface area contributed by atoms with Crippen molar-refractivity contribution in [1.29, 1.82) is 0 Å². The van der Waals surface area contributed by atoms with E-state index in [1.807, 2.05) is 32.0 Å². The monoisotopic (exact) mass is 817 g/mol. The lowest BCUT2D eigenvalue weighted by molar-refractivity contribution is -0.142. The number of ether oxygens (including phenoxy) is 2. The van der Waals surface area contributed by atoms with E-state index in [1.165, 1.54) is 38.5 Å². The number of piperidine rings is 1. The average molecular weight is 817 g/mol. The highest BCUT2D eigenvalue weighted by Gasteiger charge is 2.38. The van der Waals surface area contributed by atoms with Crippen LogP contribution in [0.2, 0.25) is 0 Å². The Labute approximate surface area is 350 Å². The Balaban J connectivity index is 1.09. The summed E-state index contributed by atoms with van der Waals surface area (Å²) in [6, 6.07) is 11.9. The molecule has 2 atom stereocenters. The van der Waals surface area contributed by atoms with Gasteiger partial charge in [-0.3, -0.25) is 14.4 Å². The van der Waals surface area contributed by atoms with E-state index in [2.05, 4.69) is 36.7 Å². The van der Waals surface area contributed by atoms with Gasteiger partial charge in [-0.15, -0.1) is 0 Å². The molecule has 0 radical (unpaired) electrons. The van der Waals surface area contributed by atoms with Gasteiger partial charge in [0.15, 0.2) is 6.61 Å². The second-order valence-electron chi connectivity index (χ2n) is 18.5. The third kappa shape index (κ3) is 13.7. The smallest absolute Gasteiger partial charge is 0.415 e. The summed E-state index contributed by atoms with van der Waals surface area (Å²) in [5.41, 5.74) is 1.36. The van der Waals surface area contributed by atoms with Crippen molar-refractivity contribution in [2.75, 3.05) is 19.7 Å². The SMILES string of the molecule is CC(C)C[C@H](NC(=O)COc1ccccc1C(C)(C)C)C(=O)N[C@@H](Cc1ccc(OC(=O)N2CCC(NC(=O)C(C3CCCCC3)C3CCCCC3)CC2)cc1)C(=O)O. The van der Waals surface area contributed by atoms with Gasteiger partial charge < -0.3 is 35.4 Å². The topological polar surface area (TPSA) is 163 Å². The number of rotatable bonds is 16. The molecule has 12 heteroatoms. The molecule has 0 aromatic heterocycles. The maximum absolute atomic E-state index is 13.8. The van der Waals surface area contributed by atoms with Crippen molar-refractivity contribution in [1.82, 2.24) is 20.9 Å². The van der Waals surface area contributed by atoms with Gasteiger partial charge in [-0.2, -0.15) is 0 Å². The number of hydrogen-bond acceptors (Lipinski definition) is 7. The van der Waals surface area contributed by atoms with E-state index in [4.69, 9.17) is 9.47 Å². The molecule has 324 valence electrons. The summed E-state index contributed by atoms with van der Waals surface area (Å²) in [5, 5.41) is 18.8. The standard InChI is InChI=1S/C47H68N4O8/c1-31(2)28-38(49-41(52)30-58-40-19-13-12-18-37(40)47(3,4)5)43(53)50-39(45(55)56)29-32-20-22-36(23-21-32)59-46(57)51-26-24-35(25-27-51)48-44(54)42(33-14-8-6-9-15-33)34-16-10-7-11-17-34/h12-13,18-23,31,33-35,38-39,42H,6-11,14-17,24-30H2,1-5H3,(H,48,54)(H,49,52)(H,50,53)(H,55,56)/t38-,39-/m0/s1. The fraction of sp³-hybridized carbons (Fsp3) is 0.638. The van der Waals surface area contributed by atoms with Crippen LogP contribution in [0.3, 0.4) is 0 Å². The number of para-hydroxylation sites is 1. The van der Waals surface area contributed by atoms with Crippen LogP contribution in [0, 0.1) is 23.7 Å². The molecule has 5 rings (SSSR count). The van der Waals surface area contributed by atoms with Crippen molar-refractivity contribution in [2.24, 2.45) is 23.7 Å². The van der Waals surface area contributed by atoms with Crippen LogP contribution in [0.4, 0.5) is 4.79 Å². The molecule has 0 spiro atoms. The van der Waals surface area contributed by atoms with Gasteiger partial charge in [0.2, 0.25) is 11.8 Å². The quantitative estimate of drug-likeness (QED) is 0.135. The molecule has 0 unspecified atom stereocenters. The lowest BCUT2D eigenvalue weighted by Crippen LogP contribution is -2.53. The molecule has 59 heavy (non-hydrogen) atoms. The average Bonchev–Trinajstić information content (AvgIpc) is 3.21. The molecule has 3 fully saturated rings. The summed E-state index contributed by atoms with van der Waals surface area (Å²) in [5.74, 6) is -0.0805. The molecule has 1 saturated heterocycles. The fourth-order valence-corrected chi connectivity index (χ4v) is 9.16. The van der Waals surface area contributed by atoms with E-state index in [9.17, 15) is 29.1 Å². The van der Waals surface area contributed by atoms with Gasteiger partial charge in [0, 0.05) is 31.5 Å². The summed E-state index contributed by atoms with van der Waals surface area (Å²) in [6.07, 6.45) is 13.2. The number of benzene rings is 2. The predicted molar refractivity (Wildman–Crippen MR) is 227 cm³/mol. The summed E-state index contributed by atoms with van der Waals surface area (Å²) >= 11 is 0. The van der Waals surface area contributed by atoms with Crippen LogP contribution in [0.1, 0.15) is 129 Å². The zero-order chi connectivity index (χ0) is 42.5. The van der Waals surface area contributed by atoms with Crippen LogP contribution in [-0.2, 0) is 31.0 Å². The summed E-state index contributed by atoms with van der Waals surface area (Å²) in [7, 11) is 0. The number of carbonyl (C=O) groups is 5. The van der Waals surface area contributed by atoms with E-state index in [0.29, 0.717) is 61.3 Å². The minimum Gasteiger partial charge on any atom is -0.483 e. The number of nitrogens with one attached hydrogen (secondary N) is 3. The minimum atomic E-state index is -1.26. The number of nitrogens with zero attached hydrogens (tertiary/aromatic N) is 1. The molecular formula is C47H68N4O8. The van der Waals surface area contributed by atoms with Crippen molar-refractivity contribution in [3.8, 4) is 11.5 Å². The summed E-state index contributed by atoms with van der Waals surface area (Å²) < 4.78 is 11.5. The summed E-state index contributed by atoms with van der Waals surface area (Å²) in [6.45, 7) is 10.7. The Kier molecular flexibility index (Phi) is 16.6.